The molecule has 0 spiro atoms. The average molecular weight is 296 g/mol. The fourth-order valence-electron chi connectivity index (χ4n) is 2.20. The largest absolute Gasteiger partial charge is 0.493 e. The van der Waals surface area contributed by atoms with Gasteiger partial charge in [-0.1, -0.05) is 55.5 Å². The van der Waals surface area contributed by atoms with Crippen molar-refractivity contribution in [1.82, 2.24) is 0 Å². The number of hydrogen-bond donors (Lipinski definition) is 2. The first-order valence-electron chi connectivity index (χ1n) is 7.54. The first kappa shape index (κ1) is 16.3. The molecule has 0 bridgehead atoms. The third kappa shape index (κ3) is 4.76. The lowest BCUT2D eigenvalue weighted by atomic mass is 9.77. The van der Waals surface area contributed by atoms with Crippen LogP contribution in [0.2, 0.25) is 0 Å². The van der Waals surface area contributed by atoms with Crippen LogP contribution >= 0.6 is 0 Å². The van der Waals surface area contributed by atoms with Crippen LogP contribution in [0.25, 0.3) is 6.08 Å². The van der Waals surface area contributed by atoms with Crippen molar-refractivity contribution in [3.05, 3.63) is 65.7 Å². The lowest BCUT2D eigenvalue weighted by molar-refractivity contribution is 0.322. The van der Waals surface area contributed by atoms with Gasteiger partial charge in [0.15, 0.2) is 0 Å². The molecule has 2 rings (SSSR count). The minimum Gasteiger partial charge on any atom is -0.493 e. The molecule has 0 saturated heterocycles. The Morgan fingerprint density at radius 1 is 1.09 bits per heavy atom. The molecule has 114 valence electrons. The minimum atomic E-state index is -1.48. The van der Waals surface area contributed by atoms with Gasteiger partial charge in [0, 0.05) is 6.42 Å². The van der Waals surface area contributed by atoms with E-state index in [1.54, 1.807) is 12.1 Å². The van der Waals surface area contributed by atoms with Crippen molar-refractivity contribution in [2.75, 3.05) is 6.61 Å². The molecule has 0 saturated carbocycles. The molecule has 0 atom stereocenters. The minimum absolute atomic E-state index is 0.486. The summed E-state index contributed by atoms with van der Waals surface area (Å²) in [5, 5.41) is 18.8. The number of benzene rings is 2. The van der Waals surface area contributed by atoms with E-state index < -0.39 is 7.12 Å². The zero-order valence-electron chi connectivity index (χ0n) is 12.8. The van der Waals surface area contributed by atoms with Crippen molar-refractivity contribution >= 4 is 18.7 Å². The van der Waals surface area contributed by atoms with Gasteiger partial charge < -0.3 is 14.8 Å². The van der Waals surface area contributed by atoms with E-state index in [0.717, 1.165) is 24.2 Å². The lowest BCUT2D eigenvalue weighted by Crippen LogP contribution is -2.31. The molecule has 0 aliphatic heterocycles. The molecule has 0 radical (unpaired) electrons. The Kier molecular flexibility index (Phi) is 6.25. The third-order valence-electron chi connectivity index (χ3n) is 3.37. The third-order valence-corrected chi connectivity index (χ3v) is 3.37. The predicted molar refractivity (Wildman–Crippen MR) is 91.2 cm³/mol. The van der Waals surface area contributed by atoms with Crippen molar-refractivity contribution < 1.29 is 14.8 Å². The van der Waals surface area contributed by atoms with Crippen molar-refractivity contribution in [1.29, 1.82) is 0 Å². The SMILES string of the molecule is CCC=Cc1cc(OCCc2ccccc2)ccc1B(O)O. The Hall–Kier alpha value is -2.04. The van der Waals surface area contributed by atoms with E-state index in [-0.39, 0.29) is 0 Å². The Bertz CT molecular complexity index is 609. The monoisotopic (exact) mass is 296 g/mol. The molecule has 2 aromatic carbocycles. The predicted octanol–water partition coefficient (Wildman–Crippen LogP) is 2.41. The van der Waals surface area contributed by atoms with Crippen LogP contribution in [0, 0.1) is 0 Å². The maximum Gasteiger partial charge on any atom is 0.489 e. The highest BCUT2D eigenvalue weighted by atomic mass is 16.5. The van der Waals surface area contributed by atoms with Gasteiger partial charge in [-0.2, -0.15) is 0 Å². The van der Waals surface area contributed by atoms with Crippen molar-refractivity contribution in [2.24, 2.45) is 0 Å². The average Bonchev–Trinajstić information content (AvgIpc) is 2.54. The summed E-state index contributed by atoms with van der Waals surface area (Å²) in [6, 6.07) is 15.5. The summed E-state index contributed by atoms with van der Waals surface area (Å²) in [5.74, 6) is 0.732. The second kappa shape index (κ2) is 8.42. The summed E-state index contributed by atoms with van der Waals surface area (Å²) < 4.78 is 5.77. The summed E-state index contributed by atoms with van der Waals surface area (Å²) in [6.07, 6.45) is 5.60. The van der Waals surface area contributed by atoms with E-state index in [1.165, 1.54) is 5.56 Å². The molecule has 22 heavy (non-hydrogen) atoms. The second-order valence-electron chi connectivity index (χ2n) is 5.06. The molecule has 2 aromatic rings. The van der Waals surface area contributed by atoms with Gasteiger partial charge in [0.25, 0.3) is 0 Å². The van der Waals surface area contributed by atoms with Crippen LogP contribution in [0.15, 0.2) is 54.6 Å². The van der Waals surface area contributed by atoms with Gasteiger partial charge >= 0.3 is 7.12 Å². The van der Waals surface area contributed by atoms with Crippen LogP contribution < -0.4 is 10.2 Å². The highest BCUT2D eigenvalue weighted by Crippen LogP contribution is 2.14. The van der Waals surface area contributed by atoms with Crippen molar-refractivity contribution in [2.45, 2.75) is 19.8 Å². The first-order chi connectivity index (χ1) is 10.7. The molecule has 4 heteroatoms. The molecule has 0 aliphatic carbocycles. The van der Waals surface area contributed by atoms with Crippen LogP contribution in [0.4, 0.5) is 0 Å². The summed E-state index contributed by atoms with van der Waals surface area (Å²) in [5.41, 5.74) is 2.49. The van der Waals surface area contributed by atoms with Crippen molar-refractivity contribution in [3.8, 4) is 5.75 Å². The second-order valence-corrected chi connectivity index (χ2v) is 5.06. The molecular formula is C18H21BO3. The molecule has 0 unspecified atom stereocenters. The smallest absolute Gasteiger partial charge is 0.489 e. The Morgan fingerprint density at radius 2 is 1.86 bits per heavy atom. The van der Waals surface area contributed by atoms with E-state index in [1.807, 2.05) is 43.3 Å². The van der Waals surface area contributed by atoms with Gasteiger partial charge in [-0.15, -0.1) is 0 Å². The highest BCUT2D eigenvalue weighted by Gasteiger charge is 2.15. The Labute approximate surface area is 132 Å². The molecule has 3 nitrogen and oxygen atoms in total. The first-order valence-corrected chi connectivity index (χ1v) is 7.54. The maximum absolute atomic E-state index is 9.40. The van der Waals surface area contributed by atoms with Gasteiger partial charge in [0.2, 0.25) is 0 Å². The van der Waals surface area contributed by atoms with E-state index in [4.69, 9.17) is 4.74 Å². The van der Waals surface area contributed by atoms with Crippen LogP contribution in [0.1, 0.15) is 24.5 Å². The molecule has 0 fully saturated rings. The molecular weight excluding hydrogens is 275 g/mol. The van der Waals surface area contributed by atoms with E-state index >= 15 is 0 Å². The standard InChI is InChI=1S/C18H21BO3/c1-2-3-9-16-14-17(10-11-18(16)19(20)21)22-13-12-15-7-5-4-6-8-15/h3-11,14,20-21H,2,12-13H2,1H3. The number of allylic oxidation sites excluding steroid dienone is 1. The summed E-state index contributed by atoms with van der Waals surface area (Å²) in [4.78, 5) is 0. The zero-order valence-corrected chi connectivity index (χ0v) is 12.8. The van der Waals surface area contributed by atoms with Crippen LogP contribution in [0.5, 0.6) is 5.75 Å². The van der Waals surface area contributed by atoms with Crippen molar-refractivity contribution in [3.63, 3.8) is 0 Å². The lowest BCUT2D eigenvalue weighted by Gasteiger charge is -2.10. The Morgan fingerprint density at radius 3 is 2.55 bits per heavy atom. The molecule has 0 aromatic heterocycles. The maximum atomic E-state index is 9.40. The van der Waals surface area contributed by atoms with Gasteiger partial charge in [0.1, 0.15) is 5.75 Å². The Balaban J connectivity index is 2.03. The number of rotatable bonds is 7. The highest BCUT2D eigenvalue weighted by molar-refractivity contribution is 6.59. The summed E-state index contributed by atoms with van der Waals surface area (Å²) in [7, 11) is -1.48. The molecule has 2 N–H and O–H groups in total. The number of ether oxygens (including phenoxy) is 1. The summed E-state index contributed by atoms with van der Waals surface area (Å²) >= 11 is 0. The van der Waals surface area contributed by atoms with E-state index in [0.29, 0.717) is 12.1 Å². The molecule has 0 aliphatic rings. The topological polar surface area (TPSA) is 49.7 Å². The van der Waals surface area contributed by atoms with Crippen LogP contribution in [-0.4, -0.2) is 23.8 Å². The fourth-order valence-corrected chi connectivity index (χ4v) is 2.20. The van der Waals surface area contributed by atoms with Gasteiger partial charge in [0.05, 0.1) is 6.61 Å². The van der Waals surface area contributed by atoms with Gasteiger partial charge in [-0.3, -0.25) is 0 Å². The zero-order chi connectivity index (χ0) is 15.8. The van der Waals surface area contributed by atoms with Gasteiger partial charge in [-0.05, 0) is 35.1 Å². The summed E-state index contributed by atoms with van der Waals surface area (Å²) in [6.45, 7) is 2.62. The van der Waals surface area contributed by atoms with Crippen LogP contribution in [0.3, 0.4) is 0 Å². The fraction of sp³-hybridized carbons (Fsp3) is 0.222. The van der Waals surface area contributed by atoms with E-state index in [2.05, 4.69) is 12.1 Å². The molecule has 0 amide bonds. The number of hydrogen-bond acceptors (Lipinski definition) is 3. The normalized spacial score (nSPS) is 10.9. The quantitative estimate of drug-likeness (QED) is 0.771. The molecule has 0 heterocycles. The van der Waals surface area contributed by atoms with E-state index in [9.17, 15) is 10.0 Å². The van der Waals surface area contributed by atoms with Crippen LogP contribution in [-0.2, 0) is 6.42 Å². The van der Waals surface area contributed by atoms with Gasteiger partial charge in [-0.25, -0.2) is 0 Å².